The highest BCUT2D eigenvalue weighted by molar-refractivity contribution is 5.94. The van der Waals surface area contributed by atoms with Crippen molar-refractivity contribution in [2.24, 2.45) is 0 Å². The van der Waals surface area contributed by atoms with E-state index in [2.05, 4.69) is 6.07 Å². The summed E-state index contributed by atoms with van der Waals surface area (Å²) >= 11 is 0. The predicted molar refractivity (Wildman–Crippen MR) is 83.6 cm³/mol. The Morgan fingerprint density at radius 2 is 1.76 bits per heavy atom. The van der Waals surface area contributed by atoms with Crippen LogP contribution in [0.5, 0.6) is 0 Å². The summed E-state index contributed by atoms with van der Waals surface area (Å²) in [6.45, 7) is 0.397. The molecule has 0 saturated carbocycles. The summed E-state index contributed by atoms with van der Waals surface area (Å²) in [4.78, 5) is 14.1. The minimum atomic E-state index is -0.0266. The Hall–Kier alpha value is -2.80. The number of nitrogen functional groups attached to an aromatic ring is 1. The van der Waals surface area contributed by atoms with Crippen molar-refractivity contribution in [3.8, 4) is 6.07 Å². The molecule has 1 amide bonds. The van der Waals surface area contributed by atoms with Crippen LogP contribution in [0.25, 0.3) is 0 Å². The second-order valence-corrected chi connectivity index (χ2v) is 4.71. The second-order valence-electron chi connectivity index (χ2n) is 4.71. The zero-order chi connectivity index (χ0) is 15.1. The Labute approximate surface area is 124 Å². The number of carbonyl (C=O) groups is 1. The van der Waals surface area contributed by atoms with Crippen LogP contribution >= 0.6 is 0 Å². The number of hydrogen-bond donors (Lipinski definition) is 1. The fourth-order valence-corrected chi connectivity index (χ4v) is 2.07. The van der Waals surface area contributed by atoms with E-state index in [9.17, 15) is 4.79 Å². The Kier molecular flexibility index (Phi) is 4.94. The molecule has 0 saturated heterocycles. The molecule has 2 N–H and O–H groups in total. The number of nitrogens with two attached hydrogens (primary N) is 1. The minimum absolute atomic E-state index is 0.0266. The van der Waals surface area contributed by atoms with Gasteiger partial charge in [0, 0.05) is 17.9 Å². The minimum Gasteiger partial charge on any atom is -0.399 e. The Bertz CT molecular complexity index is 629. The molecule has 0 spiro atoms. The van der Waals surface area contributed by atoms with Gasteiger partial charge >= 0.3 is 0 Å². The molecule has 2 aromatic carbocycles. The molecule has 0 aliphatic rings. The quantitative estimate of drug-likeness (QED) is 0.855. The maximum absolute atomic E-state index is 12.5. The first-order valence-electron chi connectivity index (χ1n) is 6.77. The molecule has 2 rings (SSSR count). The standard InChI is InChI=1S/C17H17N3O/c18-11-4-12-20(16-5-2-1-3-6-16)17(21)13-14-7-9-15(19)10-8-14/h1-3,5-10H,4,12-13,19H2. The molecule has 4 heteroatoms. The predicted octanol–water partition coefficient (Wildman–Crippen LogP) is 2.76. The third-order valence-corrected chi connectivity index (χ3v) is 3.15. The van der Waals surface area contributed by atoms with E-state index in [-0.39, 0.29) is 5.91 Å². The van der Waals surface area contributed by atoms with E-state index < -0.39 is 0 Å². The van der Waals surface area contributed by atoms with Gasteiger partial charge in [-0.25, -0.2) is 0 Å². The number of nitrogens with zero attached hydrogens (tertiary/aromatic N) is 2. The molecule has 106 valence electrons. The molecule has 0 fully saturated rings. The molecule has 0 unspecified atom stereocenters. The molecule has 0 aliphatic carbocycles. The Morgan fingerprint density at radius 1 is 1.10 bits per heavy atom. The van der Waals surface area contributed by atoms with Gasteiger partial charge in [-0.1, -0.05) is 30.3 Å². The summed E-state index contributed by atoms with van der Waals surface area (Å²) in [7, 11) is 0. The van der Waals surface area contributed by atoms with Crippen molar-refractivity contribution in [1.29, 1.82) is 5.26 Å². The van der Waals surface area contributed by atoms with Crippen molar-refractivity contribution in [3.63, 3.8) is 0 Å². The van der Waals surface area contributed by atoms with E-state index >= 15 is 0 Å². The number of rotatable bonds is 5. The first kappa shape index (κ1) is 14.6. The maximum Gasteiger partial charge on any atom is 0.231 e. The van der Waals surface area contributed by atoms with Crippen LogP contribution in [0.4, 0.5) is 11.4 Å². The highest BCUT2D eigenvalue weighted by atomic mass is 16.2. The Balaban J connectivity index is 2.14. The first-order valence-corrected chi connectivity index (χ1v) is 6.77. The summed E-state index contributed by atoms with van der Waals surface area (Å²) in [5.74, 6) is -0.0266. The second kappa shape index (κ2) is 7.11. The SMILES string of the molecule is N#CCCN(C(=O)Cc1ccc(N)cc1)c1ccccc1. The summed E-state index contributed by atoms with van der Waals surface area (Å²) < 4.78 is 0. The normalized spacial score (nSPS) is 9.86. The lowest BCUT2D eigenvalue weighted by Crippen LogP contribution is -2.33. The first-order chi connectivity index (χ1) is 10.2. The van der Waals surface area contributed by atoms with Crippen LogP contribution in [0.2, 0.25) is 0 Å². The summed E-state index contributed by atoms with van der Waals surface area (Å²) in [6, 6.07) is 18.8. The molecular formula is C17H17N3O. The molecule has 21 heavy (non-hydrogen) atoms. The van der Waals surface area contributed by atoms with Crippen molar-refractivity contribution >= 4 is 17.3 Å². The van der Waals surface area contributed by atoms with Gasteiger partial charge < -0.3 is 10.6 Å². The molecule has 0 aromatic heterocycles. The number of anilines is 2. The van der Waals surface area contributed by atoms with Crippen molar-refractivity contribution in [1.82, 2.24) is 0 Å². The fourth-order valence-electron chi connectivity index (χ4n) is 2.07. The van der Waals surface area contributed by atoms with Crippen molar-refractivity contribution in [2.75, 3.05) is 17.2 Å². The summed E-state index contributed by atoms with van der Waals surface area (Å²) in [5, 5.41) is 8.76. The highest BCUT2D eigenvalue weighted by Gasteiger charge is 2.15. The van der Waals surface area contributed by atoms with Gasteiger partial charge in [0.1, 0.15) is 0 Å². The molecule has 0 heterocycles. The van der Waals surface area contributed by atoms with Crippen molar-refractivity contribution in [2.45, 2.75) is 12.8 Å². The van der Waals surface area contributed by atoms with Crippen LogP contribution in [0.3, 0.4) is 0 Å². The molecule has 0 radical (unpaired) electrons. The number of para-hydroxylation sites is 1. The number of benzene rings is 2. The van der Waals surface area contributed by atoms with Crippen molar-refractivity contribution < 1.29 is 4.79 Å². The maximum atomic E-state index is 12.5. The third-order valence-electron chi connectivity index (χ3n) is 3.15. The topological polar surface area (TPSA) is 70.1 Å². The lowest BCUT2D eigenvalue weighted by atomic mass is 10.1. The molecular weight excluding hydrogens is 262 g/mol. The zero-order valence-corrected chi connectivity index (χ0v) is 11.7. The number of carbonyl (C=O) groups excluding carboxylic acids is 1. The van der Waals surface area contributed by atoms with Gasteiger partial charge in [0.25, 0.3) is 0 Å². The average molecular weight is 279 g/mol. The van der Waals surface area contributed by atoms with Gasteiger partial charge in [0.15, 0.2) is 0 Å². The van der Waals surface area contributed by atoms with E-state index in [1.807, 2.05) is 42.5 Å². The van der Waals surface area contributed by atoms with Gasteiger partial charge in [-0.2, -0.15) is 5.26 Å². The van der Waals surface area contributed by atoms with E-state index in [0.717, 1.165) is 11.3 Å². The van der Waals surface area contributed by atoms with Crippen LogP contribution in [0.15, 0.2) is 54.6 Å². The van der Waals surface area contributed by atoms with Crippen LogP contribution in [-0.2, 0) is 11.2 Å². The third kappa shape index (κ3) is 4.08. The summed E-state index contributed by atoms with van der Waals surface area (Å²) in [6.07, 6.45) is 0.600. The number of hydrogen-bond acceptors (Lipinski definition) is 3. The molecule has 0 aliphatic heterocycles. The van der Waals surface area contributed by atoms with Crippen LogP contribution in [0.1, 0.15) is 12.0 Å². The number of nitriles is 1. The van der Waals surface area contributed by atoms with E-state index in [1.54, 1.807) is 17.0 Å². The van der Waals surface area contributed by atoms with Gasteiger partial charge in [-0.05, 0) is 29.8 Å². The fraction of sp³-hybridized carbons (Fsp3) is 0.176. The lowest BCUT2D eigenvalue weighted by Gasteiger charge is -2.22. The van der Waals surface area contributed by atoms with E-state index in [4.69, 9.17) is 11.0 Å². The van der Waals surface area contributed by atoms with Crippen LogP contribution in [-0.4, -0.2) is 12.5 Å². The smallest absolute Gasteiger partial charge is 0.231 e. The van der Waals surface area contributed by atoms with E-state index in [1.165, 1.54) is 0 Å². The molecule has 2 aromatic rings. The monoisotopic (exact) mass is 279 g/mol. The van der Waals surface area contributed by atoms with Gasteiger partial charge in [-0.3, -0.25) is 4.79 Å². The average Bonchev–Trinajstić information content (AvgIpc) is 2.51. The Morgan fingerprint density at radius 3 is 2.38 bits per heavy atom. The largest absolute Gasteiger partial charge is 0.399 e. The molecule has 4 nitrogen and oxygen atoms in total. The molecule has 0 atom stereocenters. The highest BCUT2D eigenvalue weighted by Crippen LogP contribution is 2.16. The molecule has 0 bridgehead atoms. The van der Waals surface area contributed by atoms with E-state index in [0.29, 0.717) is 25.1 Å². The summed E-state index contributed by atoms with van der Waals surface area (Å²) in [5.41, 5.74) is 8.04. The van der Waals surface area contributed by atoms with Crippen LogP contribution in [0, 0.1) is 11.3 Å². The van der Waals surface area contributed by atoms with Gasteiger partial charge in [0.2, 0.25) is 5.91 Å². The number of amides is 1. The zero-order valence-electron chi connectivity index (χ0n) is 11.7. The van der Waals surface area contributed by atoms with Crippen molar-refractivity contribution in [3.05, 3.63) is 60.2 Å². The van der Waals surface area contributed by atoms with Crippen LogP contribution < -0.4 is 10.6 Å². The van der Waals surface area contributed by atoms with Gasteiger partial charge in [0.05, 0.1) is 18.9 Å². The lowest BCUT2D eigenvalue weighted by molar-refractivity contribution is -0.118. The van der Waals surface area contributed by atoms with Gasteiger partial charge in [-0.15, -0.1) is 0 Å².